The molecule has 4 atom stereocenters. The molecular formula is C42H40N4O7S. The molecule has 0 spiro atoms. The average molecular weight is 745 g/mol. The van der Waals surface area contributed by atoms with Gasteiger partial charge in [0.25, 0.3) is 5.91 Å². The molecule has 2 bridgehead atoms. The van der Waals surface area contributed by atoms with Crippen molar-refractivity contribution in [2.75, 3.05) is 6.61 Å². The quantitative estimate of drug-likeness (QED) is 0.150. The number of aliphatic carboxylic acids is 1. The van der Waals surface area contributed by atoms with Crippen LogP contribution in [0.4, 0.5) is 0 Å². The van der Waals surface area contributed by atoms with E-state index in [9.17, 15) is 29.1 Å². The summed E-state index contributed by atoms with van der Waals surface area (Å²) in [6.45, 7) is -0.389. The van der Waals surface area contributed by atoms with E-state index in [0.29, 0.717) is 11.3 Å². The largest absolute Gasteiger partial charge is 0.484 e. The van der Waals surface area contributed by atoms with Gasteiger partial charge in [-0.25, -0.2) is 4.79 Å². The summed E-state index contributed by atoms with van der Waals surface area (Å²) < 4.78 is 5.68. The molecule has 2 aliphatic heterocycles. The van der Waals surface area contributed by atoms with Gasteiger partial charge >= 0.3 is 5.97 Å². The number of ether oxygens (including phenoxy) is 1. The summed E-state index contributed by atoms with van der Waals surface area (Å²) in [4.78, 5) is 68.6. The molecule has 5 aromatic rings. The van der Waals surface area contributed by atoms with E-state index in [1.165, 1.54) is 11.3 Å². The minimum atomic E-state index is -1.32. The Morgan fingerprint density at radius 1 is 0.611 bits per heavy atom. The zero-order valence-electron chi connectivity index (χ0n) is 29.3. The number of carbonyl (C=O) groups is 5. The van der Waals surface area contributed by atoms with Gasteiger partial charge in [0.1, 0.15) is 29.9 Å². The van der Waals surface area contributed by atoms with Crippen molar-refractivity contribution in [3.8, 4) is 16.9 Å². The SMILES string of the molecule is O=C1COc2ccc(cc2)C[C@H](C(=O)O)NC(=O)[C@H](Cc2ccccc2)NC(=O)[C@@H](Cc2ccc(-c3ccccc3)cc2)NC(=O)[C@H](Cc2cccs2)N1. The summed E-state index contributed by atoms with van der Waals surface area (Å²) in [5.74, 6) is -3.39. The van der Waals surface area contributed by atoms with Crippen LogP contribution in [0.15, 0.2) is 127 Å². The summed E-state index contributed by atoms with van der Waals surface area (Å²) >= 11 is 1.43. The number of fused-ring (bicyclic) bond motifs is 16. The second-order valence-corrected chi connectivity index (χ2v) is 14.1. The number of rotatable bonds is 8. The Hall–Kier alpha value is -6.27. The number of nitrogens with one attached hydrogen (secondary N) is 4. The number of hydrogen-bond acceptors (Lipinski definition) is 7. The summed E-state index contributed by atoms with van der Waals surface area (Å²) in [5.41, 5.74) is 4.06. The first-order valence-electron chi connectivity index (χ1n) is 17.6. The topological polar surface area (TPSA) is 163 Å². The molecule has 7 rings (SSSR count). The minimum Gasteiger partial charge on any atom is -0.484 e. The highest BCUT2D eigenvalue weighted by Crippen LogP contribution is 2.21. The number of hydrogen-bond donors (Lipinski definition) is 5. The van der Waals surface area contributed by atoms with Crippen molar-refractivity contribution in [3.05, 3.63) is 148 Å². The molecule has 4 amide bonds. The van der Waals surface area contributed by atoms with Gasteiger partial charge in [0, 0.05) is 30.6 Å². The minimum absolute atomic E-state index is 0.0457. The van der Waals surface area contributed by atoms with E-state index in [1.807, 2.05) is 78.2 Å². The molecule has 12 heteroatoms. The van der Waals surface area contributed by atoms with Crippen LogP contribution in [0.25, 0.3) is 11.1 Å². The van der Waals surface area contributed by atoms with Gasteiger partial charge in [0.15, 0.2) is 6.61 Å². The van der Waals surface area contributed by atoms with E-state index < -0.39 is 53.8 Å². The van der Waals surface area contributed by atoms with Gasteiger partial charge in [-0.15, -0.1) is 11.3 Å². The molecule has 0 radical (unpaired) electrons. The lowest BCUT2D eigenvalue weighted by Crippen LogP contribution is -2.59. The van der Waals surface area contributed by atoms with E-state index >= 15 is 0 Å². The molecule has 0 saturated carbocycles. The zero-order valence-corrected chi connectivity index (χ0v) is 30.1. The Morgan fingerprint density at radius 2 is 1.17 bits per heavy atom. The Kier molecular flexibility index (Phi) is 12.5. The fourth-order valence-electron chi connectivity index (χ4n) is 6.17. The summed E-state index contributed by atoms with van der Waals surface area (Å²) in [6.07, 6.45) is 0.233. The van der Waals surface area contributed by atoms with Crippen LogP contribution < -0.4 is 26.0 Å². The predicted octanol–water partition coefficient (Wildman–Crippen LogP) is 4.10. The normalized spacial score (nSPS) is 19.9. The maximum atomic E-state index is 14.3. The maximum Gasteiger partial charge on any atom is 0.326 e. The first-order valence-corrected chi connectivity index (χ1v) is 18.4. The van der Waals surface area contributed by atoms with Gasteiger partial charge in [0.05, 0.1) is 0 Å². The molecule has 54 heavy (non-hydrogen) atoms. The molecule has 0 saturated heterocycles. The molecule has 0 aliphatic carbocycles. The van der Waals surface area contributed by atoms with Gasteiger partial charge in [-0.3, -0.25) is 19.2 Å². The predicted molar refractivity (Wildman–Crippen MR) is 205 cm³/mol. The molecule has 3 heterocycles. The third-order valence-corrected chi connectivity index (χ3v) is 9.93. The van der Waals surface area contributed by atoms with E-state index in [-0.39, 0.29) is 32.3 Å². The lowest BCUT2D eigenvalue weighted by atomic mass is 9.99. The number of thiophene rings is 1. The highest BCUT2D eigenvalue weighted by atomic mass is 32.1. The van der Waals surface area contributed by atoms with Crippen LogP contribution >= 0.6 is 11.3 Å². The third kappa shape index (κ3) is 10.4. The van der Waals surface area contributed by atoms with Crippen LogP contribution in [0.5, 0.6) is 5.75 Å². The Balaban J connectivity index is 1.34. The smallest absolute Gasteiger partial charge is 0.326 e. The van der Waals surface area contributed by atoms with Crippen molar-refractivity contribution in [1.29, 1.82) is 0 Å². The van der Waals surface area contributed by atoms with E-state index in [4.69, 9.17) is 4.74 Å². The highest BCUT2D eigenvalue weighted by molar-refractivity contribution is 7.09. The Bertz CT molecular complexity index is 2040. The van der Waals surface area contributed by atoms with Crippen molar-refractivity contribution in [3.63, 3.8) is 0 Å². The second kappa shape index (κ2) is 18.0. The molecule has 0 unspecified atom stereocenters. The van der Waals surface area contributed by atoms with Crippen molar-refractivity contribution < 1.29 is 33.8 Å². The number of carbonyl (C=O) groups excluding carboxylic acids is 4. The van der Waals surface area contributed by atoms with Gasteiger partial charge in [-0.2, -0.15) is 0 Å². The third-order valence-electron chi connectivity index (χ3n) is 9.03. The van der Waals surface area contributed by atoms with E-state index in [1.54, 1.807) is 48.5 Å². The maximum absolute atomic E-state index is 14.3. The molecule has 1 aromatic heterocycles. The molecule has 4 aromatic carbocycles. The monoisotopic (exact) mass is 744 g/mol. The molecule has 5 N–H and O–H groups in total. The average Bonchev–Trinajstić information content (AvgIpc) is 3.70. The fourth-order valence-corrected chi connectivity index (χ4v) is 6.92. The zero-order chi connectivity index (χ0) is 37.9. The first kappa shape index (κ1) is 37.5. The number of carboxylic acids is 1. The lowest BCUT2D eigenvalue weighted by molar-refractivity contribution is -0.142. The number of carboxylic acid groups (broad SMARTS) is 1. The van der Waals surface area contributed by atoms with Crippen LogP contribution in [-0.4, -0.2) is 65.5 Å². The van der Waals surface area contributed by atoms with Crippen LogP contribution in [0, 0.1) is 0 Å². The summed E-state index contributed by atoms with van der Waals surface area (Å²) in [6, 6.07) is 31.9. The van der Waals surface area contributed by atoms with Crippen molar-refractivity contribution in [2.24, 2.45) is 0 Å². The van der Waals surface area contributed by atoms with Crippen LogP contribution in [0.1, 0.15) is 21.6 Å². The van der Waals surface area contributed by atoms with Crippen LogP contribution in [0.2, 0.25) is 0 Å². The fraction of sp³-hybridized carbons (Fsp3) is 0.214. The molecule has 0 fully saturated rings. The van der Waals surface area contributed by atoms with E-state index in [0.717, 1.165) is 27.1 Å². The van der Waals surface area contributed by atoms with Crippen LogP contribution in [-0.2, 0) is 49.7 Å². The van der Waals surface area contributed by atoms with Crippen molar-refractivity contribution in [2.45, 2.75) is 49.9 Å². The van der Waals surface area contributed by atoms with Gasteiger partial charge in [0.2, 0.25) is 17.7 Å². The summed E-state index contributed by atoms with van der Waals surface area (Å²) in [5, 5.41) is 23.0. The van der Waals surface area contributed by atoms with E-state index in [2.05, 4.69) is 21.3 Å². The van der Waals surface area contributed by atoms with Gasteiger partial charge < -0.3 is 31.1 Å². The standard InChI is InChI=1S/C42H40N4O7S/c47-38-26-53-32-19-15-29(16-20-32)24-37(42(51)52)46-40(49)34(22-27-8-3-1-4-9-27)44-39(48)35(45-41(50)36(43-38)25-33-12-7-21-54-33)23-28-13-17-31(18-14-28)30-10-5-2-6-11-30/h1-21,34-37H,22-26H2,(H,43,47)(H,44,48)(H,45,50)(H,46,49)(H,51,52)/t34-,35+,36-,37+/m0/s1. The molecule has 276 valence electrons. The second-order valence-electron chi connectivity index (χ2n) is 13.0. The van der Waals surface area contributed by atoms with Crippen molar-refractivity contribution in [1.82, 2.24) is 21.3 Å². The Labute approximate surface area is 316 Å². The lowest BCUT2D eigenvalue weighted by Gasteiger charge is -2.26. The highest BCUT2D eigenvalue weighted by Gasteiger charge is 2.32. The van der Waals surface area contributed by atoms with Crippen LogP contribution in [0.3, 0.4) is 0 Å². The molecular weight excluding hydrogens is 705 g/mol. The van der Waals surface area contributed by atoms with Gasteiger partial charge in [-0.1, -0.05) is 103 Å². The number of amides is 4. The Morgan fingerprint density at radius 3 is 1.76 bits per heavy atom. The number of benzene rings is 4. The summed E-state index contributed by atoms with van der Waals surface area (Å²) in [7, 11) is 0. The van der Waals surface area contributed by atoms with Gasteiger partial charge in [-0.05, 0) is 51.4 Å². The van der Waals surface area contributed by atoms with Crippen molar-refractivity contribution >= 4 is 40.9 Å². The molecule has 2 aliphatic rings. The molecule has 11 nitrogen and oxygen atoms in total. The first-order chi connectivity index (χ1) is 26.2.